The smallest absolute Gasteiger partial charge is 0.147 e. The fourth-order valence-corrected chi connectivity index (χ4v) is 4.22. The highest BCUT2D eigenvalue weighted by Crippen LogP contribution is 2.45. The maximum atomic E-state index is 11.1. The van der Waals surface area contributed by atoms with Gasteiger partial charge in [-0.25, -0.2) is 8.42 Å². The van der Waals surface area contributed by atoms with E-state index >= 15 is 0 Å². The quantitative estimate of drug-likeness (QED) is 0.846. The Morgan fingerprint density at radius 2 is 1.88 bits per heavy atom. The summed E-state index contributed by atoms with van der Waals surface area (Å²) in [6.07, 6.45) is 5.16. The minimum absolute atomic E-state index is 0.164. The van der Waals surface area contributed by atoms with Crippen LogP contribution in [0.25, 0.3) is 0 Å². The van der Waals surface area contributed by atoms with Crippen LogP contribution in [0.5, 0.6) is 0 Å². The van der Waals surface area contributed by atoms with Gasteiger partial charge in [-0.2, -0.15) is 0 Å². The minimum atomic E-state index is -2.91. The van der Waals surface area contributed by atoms with Gasteiger partial charge in [0.25, 0.3) is 0 Å². The van der Waals surface area contributed by atoms with E-state index in [2.05, 4.69) is 20.8 Å². The first kappa shape index (κ1) is 15.0. The standard InChI is InChI=1S/C13H26O3S/c1-11-8-12(2,3)10-13(14,9-11)6-5-7-17(4,15)16/h11,14H,5-10H2,1-4H3. The molecule has 4 heteroatoms. The van der Waals surface area contributed by atoms with Crippen LogP contribution >= 0.6 is 0 Å². The average molecular weight is 262 g/mol. The van der Waals surface area contributed by atoms with Crippen LogP contribution < -0.4 is 0 Å². The molecule has 0 aromatic heterocycles. The van der Waals surface area contributed by atoms with Crippen molar-refractivity contribution in [3.63, 3.8) is 0 Å². The van der Waals surface area contributed by atoms with Crippen molar-refractivity contribution >= 4 is 9.84 Å². The van der Waals surface area contributed by atoms with Crippen LogP contribution in [-0.2, 0) is 9.84 Å². The molecule has 0 saturated heterocycles. The van der Waals surface area contributed by atoms with E-state index in [9.17, 15) is 13.5 Å². The van der Waals surface area contributed by atoms with Crippen LogP contribution in [0.15, 0.2) is 0 Å². The molecule has 1 saturated carbocycles. The molecule has 0 bridgehead atoms. The number of sulfone groups is 1. The van der Waals surface area contributed by atoms with Gasteiger partial charge in [-0.15, -0.1) is 0 Å². The van der Waals surface area contributed by atoms with Crippen LogP contribution in [0.3, 0.4) is 0 Å². The van der Waals surface area contributed by atoms with E-state index in [0.717, 1.165) is 19.3 Å². The molecule has 2 atom stereocenters. The van der Waals surface area contributed by atoms with Crippen LogP contribution in [0, 0.1) is 11.3 Å². The Bertz CT molecular complexity index is 359. The molecule has 102 valence electrons. The van der Waals surface area contributed by atoms with Crippen LogP contribution in [0.1, 0.15) is 52.9 Å². The van der Waals surface area contributed by atoms with Gasteiger partial charge in [0.2, 0.25) is 0 Å². The lowest BCUT2D eigenvalue weighted by molar-refractivity contribution is -0.0638. The number of aliphatic hydroxyl groups is 1. The highest BCUT2D eigenvalue weighted by Gasteiger charge is 2.41. The van der Waals surface area contributed by atoms with E-state index in [4.69, 9.17) is 0 Å². The molecular formula is C13H26O3S. The Morgan fingerprint density at radius 1 is 1.29 bits per heavy atom. The second-order valence-corrected chi connectivity index (χ2v) is 9.07. The van der Waals surface area contributed by atoms with Gasteiger partial charge >= 0.3 is 0 Å². The van der Waals surface area contributed by atoms with Gasteiger partial charge in [-0.05, 0) is 43.4 Å². The first-order valence-electron chi connectivity index (χ1n) is 6.42. The van der Waals surface area contributed by atoms with Crippen molar-refractivity contribution < 1.29 is 13.5 Å². The summed E-state index contributed by atoms with van der Waals surface area (Å²) in [6.45, 7) is 6.54. The molecule has 0 radical (unpaired) electrons. The molecular weight excluding hydrogens is 236 g/mol. The van der Waals surface area contributed by atoms with Crippen LogP contribution in [0.4, 0.5) is 0 Å². The molecule has 3 nitrogen and oxygen atoms in total. The third kappa shape index (κ3) is 5.38. The van der Waals surface area contributed by atoms with Crippen molar-refractivity contribution in [1.29, 1.82) is 0 Å². The third-order valence-electron chi connectivity index (χ3n) is 3.59. The molecule has 0 aromatic rings. The summed E-state index contributed by atoms with van der Waals surface area (Å²) in [5.74, 6) is 0.700. The fourth-order valence-electron chi connectivity index (χ4n) is 3.55. The van der Waals surface area contributed by atoms with Gasteiger partial charge in [0.15, 0.2) is 0 Å². The normalized spacial score (nSPS) is 33.6. The van der Waals surface area contributed by atoms with Crippen LogP contribution in [-0.4, -0.2) is 31.1 Å². The van der Waals surface area contributed by atoms with Crippen molar-refractivity contribution in [2.75, 3.05) is 12.0 Å². The first-order valence-corrected chi connectivity index (χ1v) is 8.48. The Labute approximate surface area is 106 Å². The molecule has 0 heterocycles. The fraction of sp³-hybridized carbons (Fsp3) is 1.00. The zero-order valence-corrected chi connectivity index (χ0v) is 12.3. The SMILES string of the molecule is CC1CC(C)(C)CC(O)(CCCS(C)(=O)=O)C1. The van der Waals surface area contributed by atoms with Gasteiger partial charge in [0, 0.05) is 12.0 Å². The van der Waals surface area contributed by atoms with Gasteiger partial charge in [0.05, 0.1) is 5.60 Å². The zero-order valence-electron chi connectivity index (χ0n) is 11.5. The second-order valence-electron chi connectivity index (χ2n) is 6.81. The molecule has 1 rings (SSSR count). The molecule has 0 amide bonds. The number of hydrogen-bond donors (Lipinski definition) is 1. The predicted molar refractivity (Wildman–Crippen MR) is 70.7 cm³/mol. The summed E-state index contributed by atoms with van der Waals surface area (Å²) in [5.41, 5.74) is -0.497. The monoisotopic (exact) mass is 262 g/mol. The summed E-state index contributed by atoms with van der Waals surface area (Å²) in [7, 11) is -2.91. The van der Waals surface area contributed by atoms with E-state index < -0.39 is 15.4 Å². The minimum Gasteiger partial charge on any atom is -0.390 e. The number of hydrogen-bond acceptors (Lipinski definition) is 3. The van der Waals surface area contributed by atoms with E-state index in [-0.39, 0.29) is 11.2 Å². The molecule has 17 heavy (non-hydrogen) atoms. The zero-order chi connectivity index (χ0) is 13.3. The predicted octanol–water partition coefficient (Wildman–Crippen LogP) is 2.39. The van der Waals surface area contributed by atoms with Gasteiger partial charge < -0.3 is 5.11 Å². The Kier molecular flexibility index (Phi) is 4.30. The van der Waals surface area contributed by atoms with E-state index in [1.807, 2.05) is 0 Å². The summed E-state index contributed by atoms with van der Waals surface area (Å²) >= 11 is 0. The Morgan fingerprint density at radius 3 is 2.35 bits per heavy atom. The maximum absolute atomic E-state index is 11.1. The summed E-state index contributed by atoms with van der Waals surface area (Å²) in [6, 6.07) is 0. The van der Waals surface area contributed by atoms with Crippen molar-refractivity contribution in [1.82, 2.24) is 0 Å². The van der Waals surface area contributed by atoms with Crippen LogP contribution in [0.2, 0.25) is 0 Å². The van der Waals surface area contributed by atoms with Crippen molar-refractivity contribution in [2.24, 2.45) is 11.3 Å². The molecule has 0 aliphatic heterocycles. The van der Waals surface area contributed by atoms with Gasteiger partial charge in [0.1, 0.15) is 9.84 Å². The summed E-state index contributed by atoms with van der Waals surface area (Å²) in [5, 5.41) is 10.6. The Balaban J connectivity index is 2.56. The lowest BCUT2D eigenvalue weighted by Crippen LogP contribution is -2.42. The topological polar surface area (TPSA) is 54.4 Å². The summed E-state index contributed by atoms with van der Waals surface area (Å²) < 4.78 is 22.2. The number of rotatable bonds is 4. The van der Waals surface area contributed by atoms with Crippen molar-refractivity contribution in [2.45, 2.75) is 58.5 Å². The summed E-state index contributed by atoms with van der Waals surface area (Å²) in [4.78, 5) is 0. The highest BCUT2D eigenvalue weighted by molar-refractivity contribution is 7.90. The molecule has 1 aliphatic rings. The average Bonchev–Trinajstić information content (AvgIpc) is 1.94. The highest BCUT2D eigenvalue weighted by atomic mass is 32.2. The lowest BCUT2D eigenvalue weighted by atomic mass is 9.65. The maximum Gasteiger partial charge on any atom is 0.147 e. The molecule has 0 spiro atoms. The first-order chi connectivity index (χ1) is 7.52. The molecule has 1 N–H and O–H groups in total. The van der Waals surface area contributed by atoms with Crippen molar-refractivity contribution in [3.05, 3.63) is 0 Å². The Hall–Kier alpha value is -0.0900. The van der Waals surface area contributed by atoms with Gasteiger partial charge in [-0.1, -0.05) is 20.8 Å². The molecule has 1 fully saturated rings. The van der Waals surface area contributed by atoms with Crippen molar-refractivity contribution in [3.8, 4) is 0 Å². The lowest BCUT2D eigenvalue weighted by Gasteiger charge is -2.44. The third-order valence-corrected chi connectivity index (χ3v) is 4.62. The largest absolute Gasteiger partial charge is 0.390 e. The second kappa shape index (κ2) is 4.88. The van der Waals surface area contributed by atoms with E-state index in [1.54, 1.807) is 0 Å². The molecule has 0 aromatic carbocycles. The van der Waals surface area contributed by atoms with E-state index in [1.165, 1.54) is 6.26 Å². The molecule has 1 aliphatic carbocycles. The molecule has 2 unspecified atom stereocenters. The van der Waals surface area contributed by atoms with Gasteiger partial charge in [-0.3, -0.25) is 0 Å². The van der Waals surface area contributed by atoms with E-state index in [0.29, 0.717) is 18.8 Å².